The molecule has 6 heteroatoms. The number of aromatic nitrogens is 1. The van der Waals surface area contributed by atoms with Crippen LogP contribution >= 0.6 is 11.8 Å². The fraction of sp³-hybridized carbons (Fsp3) is 0.207. The van der Waals surface area contributed by atoms with Crippen LogP contribution in [0.5, 0.6) is 0 Å². The third-order valence-electron chi connectivity index (χ3n) is 5.93. The molecule has 4 aromatic rings. The summed E-state index contributed by atoms with van der Waals surface area (Å²) >= 11 is 1.65. The van der Waals surface area contributed by atoms with Crippen LogP contribution in [0.2, 0.25) is 0 Å². The van der Waals surface area contributed by atoms with Crippen molar-refractivity contribution < 1.29 is 13.9 Å². The van der Waals surface area contributed by atoms with E-state index >= 15 is 0 Å². The van der Waals surface area contributed by atoms with Crippen LogP contribution in [0.15, 0.2) is 83.8 Å². The van der Waals surface area contributed by atoms with E-state index in [1.165, 1.54) is 12.1 Å². The summed E-state index contributed by atoms with van der Waals surface area (Å²) < 4.78 is 21.8. The summed E-state index contributed by atoms with van der Waals surface area (Å²) in [5, 5.41) is 3.00. The van der Waals surface area contributed by atoms with Crippen molar-refractivity contribution >= 4 is 23.4 Å². The SMILES string of the molecule is CSc1ccc(NC(=O)c2cc(CCOCc3ccccc3)n(-c3ccc(F)cc3C)c2C)cc1. The van der Waals surface area contributed by atoms with Crippen molar-refractivity contribution in [1.82, 2.24) is 4.57 Å². The highest BCUT2D eigenvalue weighted by Crippen LogP contribution is 2.26. The van der Waals surface area contributed by atoms with Crippen molar-refractivity contribution in [2.75, 3.05) is 18.2 Å². The smallest absolute Gasteiger partial charge is 0.257 e. The molecule has 0 radical (unpaired) electrons. The summed E-state index contributed by atoms with van der Waals surface area (Å²) in [5.41, 5.74) is 5.83. The lowest BCUT2D eigenvalue weighted by atomic mass is 10.1. The van der Waals surface area contributed by atoms with Gasteiger partial charge in [0.05, 0.1) is 18.8 Å². The summed E-state index contributed by atoms with van der Waals surface area (Å²) in [4.78, 5) is 14.4. The Balaban J connectivity index is 1.59. The molecule has 0 saturated carbocycles. The van der Waals surface area contributed by atoms with E-state index in [-0.39, 0.29) is 11.7 Å². The van der Waals surface area contributed by atoms with E-state index in [0.717, 1.165) is 38.8 Å². The zero-order valence-electron chi connectivity index (χ0n) is 20.2. The van der Waals surface area contributed by atoms with Crippen molar-refractivity contribution in [2.45, 2.75) is 31.8 Å². The normalized spacial score (nSPS) is 11.0. The molecule has 0 unspecified atom stereocenters. The van der Waals surface area contributed by atoms with Gasteiger partial charge in [-0.1, -0.05) is 30.3 Å². The van der Waals surface area contributed by atoms with Gasteiger partial charge in [0.2, 0.25) is 0 Å². The van der Waals surface area contributed by atoms with Crippen LogP contribution in [-0.4, -0.2) is 23.3 Å². The van der Waals surface area contributed by atoms with Gasteiger partial charge in [-0.15, -0.1) is 11.8 Å². The second-order valence-corrected chi connectivity index (χ2v) is 9.25. The Labute approximate surface area is 210 Å². The Morgan fingerprint density at radius 2 is 1.74 bits per heavy atom. The number of anilines is 1. The van der Waals surface area contributed by atoms with Crippen LogP contribution in [0.4, 0.5) is 10.1 Å². The van der Waals surface area contributed by atoms with E-state index in [0.29, 0.717) is 25.2 Å². The second-order valence-electron chi connectivity index (χ2n) is 8.37. The van der Waals surface area contributed by atoms with Crippen molar-refractivity contribution in [3.8, 4) is 5.69 Å². The first kappa shape index (κ1) is 24.8. The first-order chi connectivity index (χ1) is 17.0. The highest BCUT2D eigenvalue weighted by atomic mass is 32.2. The predicted molar refractivity (Wildman–Crippen MR) is 141 cm³/mol. The molecule has 180 valence electrons. The lowest BCUT2D eigenvalue weighted by Crippen LogP contribution is -2.13. The Hall–Kier alpha value is -3.35. The highest BCUT2D eigenvalue weighted by molar-refractivity contribution is 7.98. The number of aryl methyl sites for hydroxylation is 1. The molecular formula is C29H29FN2O2S. The van der Waals surface area contributed by atoms with Crippen LogP contribution in [-0.2, 0) is 17.8 Å². The number of thioether (sulfide) groups is 1. The van der Waals surface area contributed by atoms with Gasteiger partial charge in [-0.25, -0.2) is 4.39 Å². The quantitative estimate of drug-likeness (QED) is 0.204. The summed E-state index contributed by atoms with van der Waals surface area (Å²) in [5.74, 6) is -0.458. The molecule has 0 saturated heterocycles. The fourth-order valence-electron chi connectivity index (χ4n) is 4.10. The molecule has 0 bridgehead atoms. The number of carbonyl (C=O) groups is 1. The van der Waals surface area contributed by atoms with Crippen LogP contribution < -0.4 is 5.32 Å². The molecule has 35 heavy (non-hydrogen) atoms. The maximum Gasteiger partial charge on any atom is 0.257 e. The molecule has 4 rings (SSSR count). The van der Waals surface area contributed by atoms with Crippen molar-refractivity contribution in [2.24, 2.45) is 0 Å². The zero-order chi connectivity index (χ0) is 24.8. The number of halogens is 1. The third kappa shape index (κ3) is 6.02. The molecule has 1 heterocycles. The maximum absolute atomic E-state index is 13.8. The average molecular weight is 489 g/mol. The number of amides is 1. The van der Waals surface area contributed by atoms with E-state index in [2.05, 4.69) is 5.32 Å². The van der Waals surface area contributed by atoms with Gasteiger partial charge in [-0.2, -0.15) is 0 Å². The number of hydrogen-bond donors (Lipinski definition) is 1. The molecule has 3 aromatic carbocycles. The van der Waals surface area contributed by atoms with E-state index in [4.69, 9.17) is 4.74 Å². The van der Waals surface area contributed by atoms with Gasteiger partial charge in [0, 0.05) is 34.1 Å². The van der Waals surface area contributed by atoms with Gasteiger partial charge in [-0.05, 0) is 79.8 Å². The van der Waals surface area contributed by atoms with E-state index in [9.17, 15) is 9.18 Å². The second kappa shape index (κ2) is 11.4. The largest absolute Gasteiger partial charge is 0.376 e. The van der Waals surface area contributed by atoms with E-state index in [1.807, 2.05) is 85.3 Å². The number of nitrogens with one attached hydrogen (secondary N) is 1. The minimum absolute atomic E-state index is 0.177. The molecule has 0 spiro atoms. The average Bonchev–Trinajstić information content (AvgIpc) is 3.19. The lowest BCUT2D eigenvalue weighted by Gasteiger charge is -2.15. The molecule has 4 nitrogen and oxygen atoms in total. The highest BCUT2D eigenvalue weighted by Gasteiger charge is 2.20. The number of nitrogens with zero attached hydrogens (tertiary/aromatic N) is 1. The van der Waals surface area contributed by atoms with Crippen molar-refractivity contribution in [3.63, 3.8) is 0 Å². The molecule has 0 aliphatic heterocycles. The molecule has 1 amide bonds. The Morgan fingerprint density at radius 3 is 2.43 bits per heavy atom. The van der Waals surface area contributed by atoms with Crippen LogP contribution in [0.25, 0.3) is 5.69 Å². The van der Waals surface area contributed by atoms with Crippen molar-refractivity contribution in [3.05, 3.63) is 113 Å². The van der Waals surface area contributed by atoms with Gasteiger partial charge in [0.15, 0.2) is 0 Å². The molecule has 0 fully saturated rings. The number of carbonyl (C=O) groups excluding carboxylic acids is 1. The first-order valence-electron chi connectivity index (χ1n) is 11.5. The van der Waals surface area contributed by atoms with Crippen LogP contribution in [0.3, 0.4) is 0 Å². The standard InChI is InChI=1S/C29H29FN2O2S/c1-20-17-23(30)9-14-28(20)32-21(2)27(29(33)31-24-10-12-26(35-3)13-11-24)18-25(32)15-16-34-19-22-7-5-4-6-8-22/h4-14,17-18H,15-16,19H2,1-3H3,(H,31,33). The Bertz CT molecular complexity index is 1300. The van der Waals surface area contributed by atoms with Gasteiger partial charge in [-0.3, -0.25) is 4.79 Å². The minimum atomic E-state index is -0.282. The third-order valence-corrected chi connectivity index (χ3v) is 6.67. The predicted octanol–water partition coefficient (Wildman–Crippen LogP) is 6.97. The van der Waals surface area contributed by atoms with Crippen LogP contribution in [0, 0.1) is 19.7 Å². The minimum Gasteiger partial charge on any atom is -0.376 e. The maximum atomic E-state index is 13.8. The number of ether oxygens (including phenoxy) is 1. The zero-order valence-corrected chi connectivity index (χ0v) is 21.0. The monoisotopic (exact) mass is 488 g/mol. The van der Waals surface area contributed by atoms with Crippen LogP contribution in [0.1, 0.15) is 32.9 Å². The Morgan fingerprint density at radius 1 is 1.00 bits per heavy atom. The van der Waals surface area contributed by atoms with Gasteiger partial charge in [0.25, 0.3) is 5.91 Å². The summed E-state index contributed by atoms with van der Waals surface area (Å²) in [6, 6.07) is 24.4. The van der Waals surface area contributed by atoms with Gasteiger partial charge >= 0.3 is 0 Å². The molecule has 0 atom stereocenters. The van der Waals surface area contributed by atoms with Gasteiger partial charge < -0.3 is 14.6 Å². The lowest BCUT2D eigenvalue weighted by molar-refractivity contribution is 0.102. The molecule has 0 aliphatic rings. The summed E-state index contributed by atoms with van der Waals surface area (Å²) in [6.45, 7) is 4.81. The molecular weight excluding hydrogens is 459 g/mol. The number of hydrogen-bond acceptors (Lipinski definition) is 3. The topological polar surface area (TPSA) is 43.3 Å². The van der Waals surface area contributed by atoms with E-state index in [1.54, 1.807) is 17.8 Å². The fourth-order valence-corrected chi connectivity index (χ4v) is 4.51. The van der Waals surface area contributed by atoms with Crippen molar-refractivity contribution in [1.29, 1.82) is 0 Å². The number of rotatable bonds is 9. The molecule has 0 aliphatic carbocycles. The first-order valence-corrected chi connectivity index (χ1v) is 12.7. The van der Waals surface area contributed by atoms with E-state index < -0.39 is 0 Å². The molecule has 1 N–H and O–H groups in total. The summed E-state index contributed by atoms with van der Waals surface area (Å²) in [6.07, 6.45) is 2.63. The number of benzene rings is 3. The summed E-state index contributed by atoms with van der Waals surface area (Å²) in [7, 11) is 0. The van der Waals surface area contributed by atoms with Gasteiger partial charge in [0.1, 0.15) is 5.82 Å². The molecule has 1 aromatic heterocycles. The Kier molecular flexibility index (Phi) is 8.06.